The quantitative estimate of drug-likeness (QED) is 0.728. The van der Waals surface area contributed by atoms with Crippen LogP contribution in [0.2, 0.25) is 0 Å². The number of hydrogen-bond acceptors (Lipinski definition) is 3. The summed E-state index contributed by atoms with van der Waals surface area (Å²) in [6, 6.07) is 6.10. The van der Waals surface area contributed by atoms with E-state index in [0.717, 1.165) is 16.8 Å². The molecule has 2 rings (SSSR count). The van der Waals surface area contributed by atoms with Gasteiger partial charge in [0.1, 0.15) is 11.6 Å². The largest absolute Gasteiger partial charge is 0.253 e. The van der Waals surface area contributed by atoms with Gasteiger partial charge in [-0.3, -0.25) is 4.98 Å². The van der Waals surface area contributed by atoms with E-state index in [-0.39, 0.29) is 0 Å². The lowest BCUT2D eigenvalue weighted by Gasteiger charge is -2.08. The van der Waals surface area contributed by atoms with Gasteiger partial charge in [-0.15, -0.1) is 0 Å². The molecule has 0 unspecified atom stereocenters. The zero-order chi connectivity index (χ0) is 11.7. The third-order valence-corrected chi connectivity index (χ3v) is 2.58. The Kier molecular flexibility index (Phi) is 2.57. The Labute approximate surface area is 94.8 Å². The van der Waals surface area contributed by atoms with E-state index in [9.17, 15) is 0 Å². The van der Waals surface area contributed by atoms with Gasteiger partial charge in [0.25, 0.3) is 0 Å². The first-order valence-electron chi connectivity index (χ1n) is 5.29. The molecule has 0 spiro atoms. The van der Waals surface area contributed by atoms with Crippen LogP contribution in [0.25, 0.3) is 11.0 Å². The van der Waals surface area contributed by atoms with Crippen LogP contribution >= 0.6 is 0 Å². The fourth-order valence-corrected chi connectivity index (χ4v) is 1.64. The maximum Gasteiger partial charge on any atom is 0.107 e. The number of benzene rings is 1. The predicted molar refractivity (Wildman–Crippen MR) is 63.1 cm³/mol. The van der Waals surface area contributed by atoms with Gasteiger partial charge in [-0.25, -0.2) is 4.98 Å². The van der Waals surface area contributed by atoms with Crippen molar-refractivity contribution in [2.75, 3.05) is 0 Å². The number of rotatable bonds is 1. The van der Waals surface area contributed by atoms with Crippen LogP contribution in [-0.2, 0) is 0 Å². The van der Waals surface area contributed by atoms with Crippen molar-refractivity contribution >= 4 is 11.0 Å². The molecule has 0 fully saturated rings. The summed E-state index contributed by atoms with van der Waals surface area (Å²) in [5.74, 6) is 0.389. The molecular formula is C13H13N3. The second-order valence-electron chi connectivity index (χ2n) is 4.21. The molecule has 0 aliphatic carbocycles. The van der Waals surface area contributed by atoms with Gasteiger partial charge in [0.15, 0.2) is 0 Å². The summed E-state index contributed by atoms with van der Waals surface area (Å²) >= 11 is 0. The van der Waals surface area contributed by atoms with E-state index in [1.807, 2.05) is 19.1 Å². The first-order chi connectivity index (χ1) is 7.61. The Morgan fingerprint density at radius 3 is 2.69 bits per heavy atom. The van der Waals surface area contributed by atoms with Crippen molar-refractivity contribution in [2.45, 2.75) is 26.7 Å². The molecule has 3 nitrogen and oxygen atoms in total. The molecular weight excluding hydrogens is 198 g/mol. The fourth-order valence-electron chi connectivity index (χ4n) is 1.64. The summed E-state index contributed by atoms with van der Waals surface area (Å²) in [6.07, 6.45) is 1.73. The van der Waals surface area contributed by atoms with Crippen LogP contribution in [0, 0.1) is 18.3 Å². The van der Waals surface area contributed by atoms with E-state index in [1.165, 1.54) is 0 Å². The smallest absolute Gasteiger partial charge is 0.107 e. The van der Waals surface area contributed by atoms with Crippen LogP contribution < -0.4 is 0 Å². The maximum atomic E-state index is 9.11. The van der Waals surface area contributed by atoms with E-state index in [4.69, 9.17) is 5.26 Å². The molecule has 1 aromatic heterocycles. The third-order valence-electron chi connectivity index (χ3n) is 2.58. The molecule has 0 atom stereocenters. The highest BCUT2D eigenvalue weighted by molar-refractivity contribution is 5.81. The summed E-state index contributed by atoms with van der Waals surface area (Å²) in [7, 11) is 0. The van der Waals surface area contributed by atoms with Gasteiger partial charge in [0, 0.05) is 6.20 Å². The average Bonchev–Trinajstić information content (AvgIpc) is 2.27. The molecule has 80 valence electrons. The minimum Gasteiger partial charge on any atom is -0.253 e. The second-order valence-corrected chi connectivity index (χ2v) is 4.21. The minimum atomic E-state index is 0.389. The standard InChI is InChI=1S/C13H13N3/c1-8(2)10-4-11(6-14)13-12(5-10)15-7-9(3)16-13/h4-5,7-8H,1-3H3. The molecule has 0 aliphatic heterocycles. The monoisotopic (exact) mass is 211 g/mol. The van der Waals surface area contributed by atoms with Crippen LogP contribution in [0.3, 0.4) is 0 Å². The Hall–Kier alpha value is -1.95. The molecule has 1 heterocycles. The van der Waals surface area contributed by atoms with E-state index < -0.39 is 0 Å². The molecule has 0 bridgehead atoms. The normalized spacial score (nSPS) is 10.7. The molecule has 0 saturated carbocycles. The summed E-state index contributed by atoms with van der Waals surface area (Å²) in [5.41, 5.74) is 4.07. The number of nitriles is 1. The average molecular weight is 211 g/mol. The van der Waals surface area contributed by atoms with E-state index >= 15 is 0 Å². The van der Waals surface area contributed by atoms with Crippen molar-refractivity contribution in [3.05, 3.63) is 35.2 Å². The van der Waals surface area contributed by atoms with Gasteiger partial charge in [0.2, 0.25) is 0 Å². The molecule has 0 amide bonds. The molecule has 0 saturated heterocycles. The lowest BCUT2D eigenvalue weighted by molar-refractivity contribution is 0.867. The third kappa shape index (κ3) is 1.74. The number of hydrogen-bond donors (Lipinski definition) is 0. The van der Waals surface area contributed by atoms with Gasteiger partial charge in [-0.2, -0.15) is 5.26 Å². The number of aromatic nitrogens is 2. The molecule has 2 aromatic rings. The second kappa shape index (κ2) is 3.90. The summed E-state index contributed by atoms with van der Waals surface area (Å²) < 4.78 is 0. The molecule has 16 heavy (non-hydrogen) atoms. The zero-order valence-electron chi connectivity index (χ0n) is 9.65. The molecule has 0 aliphatic rings. The van der Waals surface area contributed by atoms with Crippen molar-refractivity contribution in [2.24, 2.45) is 0 Å². The van der Waals surface area contributed by atoms with Crippen LogP contribution in [-0.4, -0.2) is 9.97 Å². The zero-order valence-corrected chi connectivity index (χ0v) is 9.65. The van der Waals surface area contributed by atoms with E-state index in [2.05, 4.69) is 29.9 Å². The number of fused-ring (bicyclic) bond motifs is 1. The number of nitrogens with zero attached hydrogens (tertiary/aromatic N) is 3. The van der Waals surface area contributed by atoms with Gasteiger partial charge >= 0.3 is 0 Å². The lowest BCUT2D eigenvalue weighted by Crippen LogP contribution is -1.95. The molecule has 3 heteroatoms. The highest BCUT2D eigenvalue weighted by atomic mass is 14.8. The minimum absolute atomic E-state index is 0.389. The highest BCUT2D eigenvalue weighted by Crippen LogP contribution is 2.22. The van der Waals surface area contributed by atoms with Crippen LogP contribution in [0.15, 0.2) is 18.3 Å². The summed E-state index contributed by atoms with van der Waals surface area (Å²) in [4.78, 5) is 8.68. The highest BCUT2D eigenvalue weighted by Gasteiger charge is 2.08. The molecule has 1 aromatic carbocycles. The van der Waals surface area contributed by atoms with Crippen molar-refractivity contribution in [3.63, 3.8) is 0 Å². The summed E-state index contributed by atoms with van der Waals surface area (Å²) in [6.45, 7) is 6.08. The Morgan fingerprint density at radius 2 is 2.06 bits per heavy atom. The fraction of sp³-hybridized carbons (Fsp3) is 0.308. The van der Waals surface area contributed by atoms with Gasteiger partial charge in [0.05, 0.1) is 16.8 Å². The Balaban J connectivity index is 2.80. The van der Waals surface area contributed by atoms with Crippen LogP contribution in [0.4, 0.5) is 0 Å². The van der Waals surface area contributed by atoms with Gasteiger partial charge in [-0.1, -0.05) is 13.8 Å². The summed E-state index contributed by atoms with van der Waals surface area (Å²) in [5, 5.41) is 9.11. The van der Waals surface area contributed by atoms with E-state index in [0.29, 0.717) is 17.0 Å². The van der Waals surface area contributed by atoms with E-state index in [1.54, 1.807) is 6.20 Å². The predicted octanol–water partition coefficient (Wildman–Crippen LogP) is 2.93. The lowest BCUT2D eigenvalue weighted by atomic mass is 10.00. The first kappa shape index (κ1) is 10.6. The van der Waals surface area contributed by atoms with Crippen molar-refractivity contribution in [1.82, 2.24) is 9.97 Å². The maximum absolute atomic E-state index is 9.11. The van der Waals surface area contributed by atoms with Crippen molar-refractivity contribution in [3.8, 4) is 6.07 Å². The van der Waals surface area contributed by atoms with Crippen LogP contribution in [0.1, 0.15) is 36.6 Å². The van der Waals surface area contributed by atoms with Crippen LogP contribution in [0.5, 0.6) is 0 Å². The number of aryl methyl sites for hydroxylation is 1. The SMILES string of the molecule is Cc1cnc2cc(C(C)C)cc(C#N)c2n1. The Morgan fingerprint density at radius 1 is 1.31 bits per heavy atom. The van der Waals surface area contributed by atoms with Gasteiger partial charge < -0.3 is 0 Å². The first-order valence-corrected chi connectivity index (χ1v) is 5.29. The van der Waals surface area contributed by atoms with Crippen molar-refractivity contribution < 1.29 is 0 Å². The Bertz CT molecular complexity index is 579. The van der Waals surface area contributed by atoms with Crippen molar-refractivity contribution in [1.29, 1.82) is 5.26 Å². The topological polar surface area (TPSA) is 49.6 Å². The van der Waals surface area contributed by atoms with Gasteiger partial charge in [-0.05, 0) is 30.5 Å². The molecule has 0 radical (unpaired) electrons. The molecule has 0 N–H and O–H groups in total.